The summed E-state index contributed by atoms with van der Waals surface area (Å²) in [6.07, 6.45) is 1.57. The number of hydrogen-bond donors (Lipinski definition) is 1. The van der Waals surface area contributed by atoms with E-state index >= 15 is 0 Å². The molecule has 1 N–H and O–H groups in total. The molecule has 3 heteroatoms. The Bertz CT molecular complexity index is 174. The van der Waals surface area contributed by atoms with Crippen molar-refractivity contribution >= 4 is 0 Å². The van der Waals surface area contributed by atoms with Crippen LogP contribution >= 0.6 is 0 Å². The van der Waals surface area contributed by atoms with Gasteiger partial charge in [0.05, 0.1) is 0 Å². The molecule has 1 heterocycles. The molecule has 0 unspecified atom stereocenters. The van der Waals surface area contributed by atoms with Crippen molar-refractivity contribution in [3.05, 3.63) is 24.0 Å². The first kappa shape index (κ1) is 13.9. The van der Waals surface area contributed by atoms with Crippen LogP contribution in [0.15, 0.2) is 18.3 Å². The van der Waals surface area contributed by atoms with E-state index in [4.69, 9.17) is 5.11 Å². The number of aromatic hydroxyl groups is 1. The van der Waals surface area contributed by atoms with Crippen molar-refractivity contribution in [2.45, 2.75) is 20.8 Å². The summed E-state index contributed by atoms with van der Waals surface area (Å²) in [5.41, 5.74) is 0.838. The molecule has 1 aromatic heterocycles. The maximum Gasteiger partial charge on any atom is 0.118 e. The zero-order valence-corrected chi connectivity index (χ0v) is 10.9. The maximum atomic E-state index is 8.77. The van der Waals surface area contributed by atoms with E-state index in [1.165, 1.54) is 0 Å². The SMILES string of the molecule is CC.Cc1cc(O)ccn1.[Pr]. The molecule has 11 heavy (non-hydrogen) atoms. The standard InChI is InChI=1S/C6H7NO.C2H6.Pr/c1-5-4-6(8)2-3-7-5;1-2;/h2-4H,1H3,(H,7,8);1-2H3;. The van der Waals surface area contributed by atoms with Gasteiger partial charge in [0.15, 0.2) is 0 Å². The summed E-state index contributed by atoms with van der Waals surface area (Å²) in [6.45, 7) is 5.83. The van der Waals surface area contributed by atoms with Crippen LogP contribution in [-0.2, 0) is 0 Å². The Morgan fingerprint density at radius 1 is 1.36 bits per heavy atom. The van der Waals surface area contributed by atoms with Crippen molar-refractivity contribution in [1.29, 1.82) is 0 Å². The number of nitrogens with zero attached hydrogens (tertiary/aromatic N) is 1. The molecule has 1 rings (SSSR count). The summed E-state index contributed by atoms with van der Waals surface area (Å²) in [4.78, 5) is 3.88. The van der Waals surface area contributed by atoms with Crippen LogP contribution in [0, 0.1) is 48.2 Å². The number of aromatic nitrogens is 1. The van der Waals surface area contributed by atoms with E-state index in [1.54, 1.807) is 18.3 Å². The van der Waals surface area contributed by atoms with Crippen LogP contribution in [0.2, 0.25) is 0 Å². The van der Waals surface area contributed by atoms with Gasteiger partial charge in [0.2, 0.25) is 0 Å². The van der Waals surface area contributed by atoms with Crippen LogP contribution in [0.5, 0.6) is 5.75 Å². The molecule has 0 saturated carbocycles. The van der Waals surface area contributed by atoms with E-state index in [1.807, 2.05) is 20.8 Å². The third kappa shape index (κ3) is 6.70. The van der Waals surface area contributed by atoms with Gasteiger partial charge in [0, 0.05) is 59.2 Å². The predicted molar refractivity (Wildman–Crippen MR) is 42.0 cm³/mol. The van der Waals surface area contributed by atoms with Gasteiger partial charge in [0.1, 0.15) is 5.75 Å². The van der Waals surface area contributed by atoms with Gasteiger partial charge in [-0.05, 0) is 13.0 Å². The second kappa shape index (κ2) is 8.41. The Hall–Kier alpha value is 0.314. The molecule has 0 aliphatic carbocycles. The minimum atomic E-state index is 0. The Morgan fingerprint density at radius 2 is 1.91 bits per heavy atom. The van der Waals surface area contributed by atoms with E-state index in [-0.39, 0.29) is 47.0 Å². The Labute approximate surface area is 101 Å². The summed E-state index contributed by atoms with van der Waals surface area (Å²) < 4.78 is 0. The molecule has 0 aliphatic rings. The fourth-order valence-electron chi connectivity index (χ4n) is 0.531. The molecule has 1 aromatic rings. The monoisotopic (exact) mass is 280 g/mol. The second-order valence-electron chi connectivity index (χ2n) is 1.66. The first-order valence-electron chi connectivity index (χ1n) is 3.40. The van der Waals surface area contributed by atoms with Crippen molar-refractivity contribution in [3.63, 3.8) is 0 Å². The van der Waals surface area contributed by atoms with Gasteiger partial charge in [-0.15, -0.1) is 0 Å². The minimum Gasteiger partial charge on any atom is -0.508 e. The van der Waals surface area contributed by atoms with Crippen molar-refractivity contribution in [1.82, 2.24) is 4.98 Å². The molecule has 0 atom stereocenters. The Morgan fingerprint density at radius 3 is 2.18 bits per heavy atom. The smallest absolute Gasteiger partial charge is 0.118 e. The van der Waals surface area contributed by atoms with Crippen LogP contribution in [0.1, 0.15) is 19.5 Å². The van der Waals surface area contributed by atoms with Crippen molar-refractivity contribution in [2.24, 2.45) is 0 Å². The van der Waals surface area contributed by atoms with Crippen molar-refractivity contribution in [2.75, 3.05) is 0 Å². The molecule has 0 aromatic carbocycles. The molecule has 0 spiro atoms. The van der Waals surface area contributed by atoms with Crippen LogP contribution in [-0.4, -0.2) is 10.1 Å². The molecular formula is C8H13NOPr. The maximum absolute atomic E-state index is 8.77. The van der Waals surface area contributed by atoms with Crippen LogP contribution in [0.4, 0.5) is 0 Å². The minimum absolute atomic E-state index is 0. The first-order chi connectivity index (χ1) is 4.79. The van der Waals surface area contributed by atoms with Crippen LogP contribution < -0.4 is 0 Å². The van der Waals surface area contributed by atoms with Gasteiger partial charge in [0.25, 0.3) is 0 Å². The van der Waals surface area contributed by atoms with E-state index < -0.39 is 0 Å². The van der Waals surface area contributed by atoms with E-state index in [0.29, 0.717) is 0 Å². The molecule has 59 valence electrons. The molecule has 1 radical (unpaired) electrons. The third-order valence-corrected chi connectivity index (χ3v) is 0.880. The van der Waals surface area contributed by atoms with Crippen LogP contribution in [0.3, 0.4) is 0 Å². The summed E-state index contributed by atoms with van der Waals surface area (Å²) in [5.74, 6) is 0.275. The van der Waals surface area contributed by atoms with E-state index in [0.717, 1.165) is 5.69 Å². The summed E-state index contributed by atoms with van der Waals surface area (Å²) in [6, 6.07) is 3.16. The fourth-order valence-corrected chi connectivity index (χ4v) is 0.531. The van der Waals surface area contributed by atoms with E-state index in [2.05, 4.69) is 4.98 Å². The van der Waals surface area contributed by atoms with Crippen molar-refractivity contribution < 1.29 is 46.4 Å². The van der Waals surface area contributed by atoms with Crippen molar-refractivity contribution in [3.8, 4) is 5.75 Å². The molecule has 0 bridgehead atoms. The normalized spacial score (nSPS) is 7.18. The topological polar surface area (TPSA) is 33.1 Å². The number of rotatable bonds is 0. The first-order valence-corrected chi connectivity index (χ1v) is 3.40. The summed E-state index contributed by atoms with van der Waals surface area (Å²) >= 11 is 0. The van der Waals surface area contributed by atoms with Crippen LogP contribution in [0.25, 0.3) is 0 Å². The third-order valence-electron chi connectivity index (χ3n) is 0.880. The number of pyridine rings is 1. The quantitative estimate of drug-likeness (QED) is 0.789. The van der Waals surface area contributed by atoms with Gasteiger partial charge in [-0.2, -0.15) is 0 Å². The summed E-state index contributed by atoms with van der Waals surface area (Å²) in [7, 11) is 0. The summed E-state index contributed by atoms with van der Waals surface area (Å²) in [5, 5.41) is 8.77. The second-order valence-corrected chi connectivity index (χ2v) is 1.66. The Balaban J connectivity index is 0. The van der Waals surface area contributed by atoms with Gasteiger partial charge >= 0.3 is 0 Å². The molecule has 0 saturated heterocycles. The largest absolute Gasteiger partial charge is 0.508 e. The molecule has 0 fully saturated rings. The Kier molecular flexibility index (Phi) is 10.6. The predicted octanol–water partition coefficient (Wildman–Crippen LogP) is 2.12. The molecule has 0 amide bonds. The van der Waals surface area contributed by atoms with E-state index in [9.17, 15) is 0 Å². The van der Waals surface area contributed by atoms with Gasteiger partial charge in [-0.25, -0.2) is 0 Å². The average Bonchev–Trinajstić information content (AvgIpc) is 1.91. The average molecular weight is 280 g/mol. The molecule has 0 aliphatic heterocycles. The fraction of sp³-hybridized carbons (Fsp3) is 0.375. The van der Waals surface area contributed by atoms with Gasteiger partial charge < -0.3 is 5.11 Å². The molecule has 2 nitrogen and oxygen atoms in total. The van der Waals surface area contributed by atoms with Gasteiger partial charge in [-0.3, -0.25) is 4.98 Å². The van der Waals surface area contributed by atoms with Gasteiger partial charge in [-0.1, -0.05) is 13.8 Å². The molecular weight excluding hydrogens is 267 g/mol. The zero-order chi connectivity index (χ0) is 7.98. The number of hydrogen-bond acceptors (Lipinski definition) is 2. The zero-order valence-electron chi connectivity index (χ0n) is 7.20. The number of aryl methyl sites for hydroxylation is 1.